The molecule has 0 fully saturated rings. The molecule has 0 aromatic heterocycles. The maximum atomic E-state index is 12.9. The van der Waals surface area contributed by atoms with E-state index in [1.807, 2.05) is 0 Å². The van der Waals surface area contributed by atoms with Gasteiger partial charge < -0.3 is 5.11 Å². The highest BCUT2D eigenvalue weighted by atomic mass is 32.2. The van der Waals surface area contributed by atoms with Gasteiger partial charge in [-0.05, 0) is 17.7 Å². The van der Waals surface area contributed by atoms with Gasteiger partial charge in [0.05, 0.1) is 6.61 Å². The zero-order valence-electron chi connectivity index (χ0n) is 6.87. The highest BCUT2D eigenvalue weighted by molar-refractivity contribution is 7.89. The van der Waals surface area contributed by atoms with Gasteiger partial charge in [-0.1, -0.05) is 0 Å². The second-order valence-corrected chi connectivity index (χ2v) is 4.12. The molecule has 0 bridgehead atoms. The zero-order valence-corrected chi connectivity index (χ0v) is 7.68. The molecule has 0 aliphatic carbocycles. The van der Waals surface area contributed by atoms with Crippen molar-refractivity contribution in [3.8, 4) is 0 Å². The number of hydrogen-bond donors (Lipinski definition) is 2. The van der Waals surface area contributed by atoms with Gasteiger partial charge in [-0.3, -0.25) is 0 Å². The van der Waals surface area contributed by atoms with E-state index in [0.717, 1.165) is 6.07 Å². The SMILES string of the molecule is NS(=O)(=O)c1cc(CO)cc(F)c1F. The molecule has 0 radical (unpaired) electrons. The molecular formula is C7H7F2NO3S. The fourth-order valence-corrected chi connectivity index (χ4v) is 1.58. The molecule has 0 aliphatic rings. The number of nitrogens with two attached hydrogens (primary N) is 1. The van der Waals surface area contributed by atoms with Crippen molar-refractivity contribution in [1.29, 1.82) is 0 Å². The van der Waals surface area contributed by atoms with Crippen LogP contribution in [0.15, 0.2) is 17.0 Å². The van der Waals surface area contributed by atoms with Crippen LogP contribution in [0.5, 0.6) is 0 Å². The molecule has 0 saturated heterocycles. The third-order valence-corrected chi connectivity index (χ3v) is 2.45. The van der Waals surface area contributed by atoms with Gasteiger partial charge in [0.25, 0.3) is 0 Å². The second-order valence-electron chi connectivity index (χ2n) is 2.59. The predicted molar refractivity (Wildman–Crippen MR) is 43.7 cm³/mol. The fraction of sp³-hybridized carbons (Fsp3) is 0.143. The fourth-order valence-electron chi connectivity index (χ4n) is 0.916. The predicted octanol–water partition coefficient (Wildman–Crippen LogP) is 0.105. The van der Waals surface area contributed by atoms with Crippen LogP contribution < -0.4 is 5.14 Å². The average molecular weight is 223 g/mol. The molecule has 14 heavy (non-hydrogen) atoms. The van der Waals surface area contributed by atoms with Crippen LogP contribution in [0.3, 0.4) is 0 Å². The van der Waals surface area contributed by atoms with Crippen LogP contribution >= 0.6 is 0 Å². The van der Waals surface area contributed by atoms with Gasteiger partial charge in [0, 0.05) is 0 Å². The van der Waals surface area contributed by atoms with Gasteiger partial charge in [-0.2, -0.15) is 0 Å². The Balaban J connectivity index is 3.51. The summed E-state index contributed by atoms with van der Waals surface area (Å²) in [4.78, 5) is -0.957. The van der Waals surface area contributed by atoms with Gasteiger partial charge in [0.2, 0.25) is 10.0 Å². The van der Waals surface area contributed by atoms with Crippen LogP contribution in [0.2, 0.25) is 0 Å². The minimum absolute atomic E-state index is 0.0621. The largest absolute Gasteiger partial charge is 0.392 e. The lowest BCUT2D eigenvalue weighted by atomic mass is 10.2. The first-order valence-electron chi connectivity index (χ1n) is 3.48. The number of sulfonamides is 1. The van der Waals surface area contributed by atoms with Gasteiger partial charge in [-0.15, -0.1) is 0 Å². The number of aliphatic hydroxyl groups is 1. The van der Waals surface area contributed by atoms with Crippen molar-refractivity contribution >= 4 is 10.0 Å². The molecule has 0 atom stereocenters. The molecule has 0 saturated carbocycles. The van der Waals surface area contributed by atoms with E-state index in [9.17, 15) is 17.2 Å². The highest BCUT2D eigenvalue weighted by Gasteiger charge is 2.19. The Bertz CT molecular complexity index is 458. The van der Waals surface area contributed by atoms with Crippen LogP contribution in [-0.4, -0.2) is 13.5 Å². The first-order valence-corrected chi connectivity index (χ1v) is 5.02. The third-order valence-electron chi connectivity index (χ3n) is 1.54. The molecular weight excluding hydrogens is 216 g/mol. The summed E-state index contributed by atoms with van der Waals surface area (Å²) in [5.41, 5.74) is -0.0621. The molecule has 1 rings (SSSR count). The van der Waals surface area contributed by atoms with Crippen molar-refractivity contribution < 1.29 is 22.3 Å². The molecule has 7 heteroatoms. The smallest absolute Gasteiger partial charge is 0.241 e. The molecule has 1 aromatic rings. The molecule has 4 nitrogen and oxygen atoms in total. The lowest BCUT2D eigenvalue weighted by Crippen LogP contribution is -2.15. The normalized spacial score (nSPS) is 11.7. The Morgan fingerprint density at radius 1 is 1.36 bits per heavy atom. The van der Waals surface area contributed by atoms with Gasteiger partial charge in [-0.25, -0.2) is 22.3 Å². The summed E-state index contributed by atoms with van der Waals surface area (Å²) in [5, 5.41) is 13.3. The van der Waals surface area contributed by atoms with E-state index < -0.39 is 33.2 Å². The topological polar surface area (TPSA) is 80.4 Å². The Morgan fingerprint density at radius 2 is 1.93 bits per heavy atom. The quantitative estimate of drug-likeness (QED) is 0.746. The molecule has 78 valence electrons. The number of halogens is 2. The molecule has 1 aromatic carbocycles. The first-order chi connectivity index (χ1) is 6.36. The van der Waals surface area contributed by atoms with Crippen molar-refractivity contribution in [3.05, 3.63) is 29.3 Å². The molecule has 0 aliphatic heterocycles. The van der Waals surface area contributed by atoms with E-state index in [1.54, 1.807) is 0 Å². The number of rotatable bonds is 2. The summed E-state index contributed by atoms with van der Waals surface area (Å²) in [6, 6.07) is 1.48. The van der Waals surface area contributed by atoms with Crippen LogP contribution in [0.1, 0.15) is 5.56 Å². The van der Waals surface area contributed by atoms with Gasteiger partial charge in [0.15, 0.2) is 11.6 Å². The maximum absolute atomic E-state index is 12.9. The molecule has 0 heterocycles. The van der Waals surface area contributed by atoms with E-state index in [1.165, 1.54) is 0 Å². The standard InChI is InChI=1S/C7H7F2NO3S/c8-5-1-4(3-11)2-6(7(5)9)14(10,12)13/h1-2,11H,3H2,(H2,10,12,13). The number of aliphatic hydroxyl groups excluding tert-OH is 1. The summed E-state index contributed by atoms with van der Waals surface area (Å²) in [5.74, 6) is -2.90. The summed E-state index contributed by atoms with van der Waals surface area (Å²) < 4.78 is 47.2. The van der Waals surface area contributed by atoms with Crippen molar-refractivity contribution in [2.75, 3.05) is 0 Å². The van der Waals surface area contributed by atoms with Gasteiger partial charge >= 0.3 is 0 Å². The summed E-state index contributed by atoms with van der Waals surface area (Å²) in [7, 11) is -4.31. The average Bonchev–Trinajstić information content (AvgIpc) is 2.07. The van der Waals surface area contributed by atoms with Crippen LogP contribution in [-0.2, 0) is 16.6 Å². The van der Waals surface area contributed by atoms with Crippen LogP contribution in [0.4, 0.5) is 8.78 Å². The molecule has 0 amide bonds. The van der Waals surface area contributed by atoms with Crippen LogP contribution in [0.25, 0.3) is 0 Å². The van der Waals surface area contributed by atoms with E-state index >= 15 is 0 Å². The lowest BCUT2D eigenvalue weighted by molar-refractivity contribution is 0.280. The van der Waals surface area contributed by atoms with E-state index in [2.05, 4.69) is 5.14 Å². The summed E-state index contributed by atoms with van der Waals surface area (Å²) >= 11 is 0. The Kier molecular flexibility index (Phi) is 2.84. The Morgan fingerprint density at radius 3 is 2.36 bits per heavy atom. The lowest BCUT2D eigenvalue weighted by Gasteiger charge is -2.03. The third kappa shape index (κ3) is 2.06. The monoisotopic (exact) mass is 223 g/mol. The number of hydrogen-bond acceptors (Lipinski definition) is 3. The van der Waals surface area contributed by atoms with Crippen molar-refractivity contribution in [2.45, 2.75) is 11.5 Å². The first kappa shape index (κ1) is 11.0. The van der Waals surface area contributed by atoms with Gasteiger partial charge in [0.1, 0.15) is 4.90 Å². The Labute approximate surface area is 79.0 Å². The van der Waals surface area contributed by atoms with Crippen molar-refractivity contribution in [2.24, 2.45) is 5.14 Å². The maximum Gasteiger partial charge on any atom is 0.241 e. The van der Waals surface area contributed by atoms with E-state index in [4.69, 9.17) is 5.11 Å². The Hall–Kier alpha value is -1.05. The number of primary sulfonamides is 1. The molecule has 3 N–H and O–H groups in total. The second kappa shape index (κ2) is 3.60. The number of benzene rings is 1. The van der Waals surface area contributed by atoms with E-state index in [-0.39, 0.29) is 5.56 Å². The molecule has 0 spiro atoms. The molecule has 0 unspecified atom stereocenters. The zero-order chi connectivity index (χ0) is 10.9. The summed E-state index contributed by atoms with van der Waals surface area (Å²) in [6.07, 6.45) is 0. The van der Waals surface area contributed by atoms with Crippen LogP contribution in [0, 0.1) is 11.6 Å². The minimum Gasteiger partial charge on any atom is -0.392 e. The van der Waals surface area contributed by atoms with Crippen molar-refractivity contribution in [3.63, 3.8) is 0 Å². The minimum atomic E-state index is -4.31. The van der Waals surface area contributed by atoms with E-state index in [0.29, 0.717) is 6.07 Å². The highest BCUT2D eigenvalue weighted by Crippen LogP contribution is 2.18. The summed E-state index contributed by atoms with van der Waals surface area (Å²) in [6.45, 7) is -0.598. The van der Waals surface area contributed by atoms with Crippen molar-refractivity contribution in [1.82, 2.24) is 0 Å².